The highest BCUT2D eigenvalue weighted by molar-refractivity contribution is 5.82. The molecule has 0 radical (unpaired) electrons. The first-order valence-electron chi connectivity index (χ1n) is 3.74. The van der Waals surface area contributed by atoms with Crippen LogP contribution in [0.15, 0.2) is 24.5 Å². The van der Waals surface area contributed by atoms with Gasteiger partial charge >= 0.3 is 0 Å². The van der Waals surface area contributed by atoms with E-state index < -0.39 is 0 Å². The van der Waals surface area contributed by atoms with E-state index in [9.17, 15) is 0 Å². The van der Waals surface area contributed by atoms with Gasteiger partial charge in [0.1, 0.15) is 5.65 Å². The second-order valence-corrected chi connectivity index (χ2v) is 2.46. The first kappa shape index (κ1) is 7.39. The fraction of sp³-hybridized carbons (Fsp3) is 0. The largest absolute Gasteiger partial charge is 0.346 e. The van der Waals surface area contributed by atoms with Gasteiger partial charge in [0.2, 0.25) is 0 Å². The van der Waals surface area contributed by atoms with Crippen LogP contribution in [-0.4, -0.2) is 9.97 Å². The Labute approximate surface area is 75.0 Å². The summed E-state index contributed by atoms with van der Waals surface area (Å²) in [4.78, 5) is 7.08. The lowest BCUT2D eigenvalue weighted by Crippen LogP contribution is -1.79. The highest BCUT2D eigenvalue weighted by atomic mass is 14.8. The van der Waals surface area contributed by atoms with E-state index in [4.69, 9.17) is 5.26 Å². The maximum Gasteiger partial charge on any atom is 0.152 e. The molecule has 0 amide bonds. The van der Waals surface area contributed by atoms with Crippen molar-refractivity contribution in [2.45, 2.75) is 0 Å². The van der Waals surface area contributed by atoms with Crippen LogP contribution in [0.2, 0.25) is 0 Å². The highest BCUT2D eigenvalue weighted by Gasteiger charge is 1.98. The molecular weight excluding hydrogens is 162 g/mol. The zero-order chi connectivity index (χ0) is 9.10. The van der Waals surface area contributed by atoms with E-state index in [1.165, 1.54) is 0 Å². The van der Waals surface area contributed by atoms with Gasteiger partial charge in [0.25, 0.3) is 0 Å². The molecule has 0 aliphatic rings. The number of rotatable bonds is 0. The summed E-state index contributed by atoms with van der Waals surface area (Å²) in [5.41, 5.74) is 1.62. The van der Waals surface area contributed by atoms with Crippen LogP contribution in [0.25, 0.3) is 11.0 Å². The zero-order valence-electron chi connectivity index (χ0n) is 6.70. The van der Waals surface area contributed by atoms with Crippen molar-refractivity contribution in [3.63, 3.8) is 0 Å². The average molecular weight is 167 g/mol. The lowest BCUT2D eigenvalue weighted by Gasteiger charge is -1.90. The Balaban J connectivity index is 2.69. The molecule has 2 heterocycles. The minimum absolute atomic E-state index is 0.796. The molecule has 3 nitrogen and oxygen atoms in total. The predicted octanol–water partition coefficient (Wildman–Crippen LogP) is 1.44. The van der Waals surface area contributed by atoms with E-state index in [1.54, 1.807) is 24.5 Å². The van der Waals surface area contributed by atoms with Crippen LogP contribution < -0.4 is 0 Å². The van der Waals surface area contributed by atoms with Gasteiger partial charge in [-0.15, -0.1) is 0 Å². The minimum Gasteiger partial charge on any atom is -0.346 e. The van der Waals surface area contributed by atoms with Gasteiger partial charge in [-0.05, 0) is 18.1 Å². The lowest BCUT2D eigenvalue weighted by molar-refractivity contribution is 1.32. The molecule has 0 aromatic carbocycles. The number of aromatic nitrogens is 2. The van der Waals surface area contributed by atoms with Crippen LogP contribution >= 0.6 is 0 Å². The Hall–Kier alpha value is -2.26. The molecule has 13 heavy (non-hydrogen) atoms. The maximum absolute atomic E-state index is 8.30. The number of pyridine rings is 1. The van der Waals surface area contributed by atoms with E-state index in [1.807, 2.05) is 6.07 Å². The summed E-state index contributed by atoms with van der Waals surface area (Å²) in [5, 5.41) is 9.25. The Morgan fingerprint density at radius 1 is 1.38 bits per heavy atom. The molecule has 1 N–H and O–H groups in total. The van der Waals surface area contributed by atoms with Gasteiger partial charge in [-0.1, -0.05) is 0 Å². The van der Waals surface area contributed by atoms with Gasteiger partial charge in [-0.25, -0.2) is 4.98 Å². The predicted molar refractivity (Wildman–Crippen MR) is 48.6 cm³/mol. The summed E-state index contributed by atoms with van der Waals surface area (Å²) in [7, 11) is 0. The molecule has 0 saturated carbocycles. The molecule has 0 aliphatic carbocycles. The van der Waals surface area contributed by atoms with E-state index in [2.05, 4.69) is 21.8 Å². The SMILES string of the molecule is N#CC#Cc1ccnc2[nH]ccc12. The number of nitriles is 1. The van der Waals surface area contributed by atoms with Gasteiger partial charge in [0, 0.05) is 29.3 Å². The second-order valence-electron chi connectivity index (χ2n) is 2.46. The van der Waals surface area contributed by atoms with Crippen LogP contribution in [0, 0.1) is 23.2 Å². The standard InChI is InChI=1S/C10H5N3/c11-5-1-2-8-3-6-12-10-9(8)4-7-13-10/h3-4,6-7H,(H,12,13). The summed E-state index contributed by atoms with van der Waals surface area (Å²) in [6, 6.07) is 5.47. The Morgan fingerprint density at radius 2 is 2.31 bits per heavy atom. The molecule has 3 heteroatoms. The fourth-order valence-corrected chi connectivity index (χ4v) is 1.17. The molecule has 0 unspecified atom stereocenters. The summed E-state index contributed by atoms with van der Waals surface area (Å²) in [5.74, 6) is 5.11. The quantitative estimate of drug-likeness (QED) is 0.603. The van der Waals surface area contributed by atoms with Crippen molar-refractivity contribution in [1.82, 2.24) is 9.97 Å². The van der Waals surface area contributed by atoms with Crippen molar-refractivity contribution in [2.75, 3.05) is 0 Å². The highest BCUT2D eigenvalue weighted by Crippen LogP contribution is 2.13. The molecule has 60 valence electrons. The normalized spacial score (nSPS) is 8.85. The van der Waals surface area contributed by atoms with Crippen molar-refractivity contribution in [2.24, 2.45) is 0 Å². The van der Waals surface area contributed by atoms with E-state index in [-0.39, 0.29) is 0 Å². The zero-order valence-corrected chi connectivity index (χ0v) is 6.70. The molecular formula is C10H5N3. The molecule has 0 aliphatic heterocycles. The molecule has 2 rings (SSSR count). The second kappa shape index (κ2) is 3.00. The Bertz CT molecular complexity index is 534. The lowest BCUT2D eigenvalue weighted by atomic mass is 10.2. The number of hydrogen-bond donors (Lipinski definition) is 1. The van der Waals surface area contributed by atoms with Crippen LogP contribution in [0.4, 0.5) is 0 Å². The number of H-pyrrole nitrogens is 1. The summed E-state index contributed by atoms with van der Waals surface area (Å²) < 4.78 is 0. The number of hydrogen-bond acceptors (Lipinski definition) is 2. The van der Waals surface area contributed by atoms with Crippen molar-refractivity contribution in [1.29, 1.82) is 5.26 Å². The summed E-state index contributed by atoms with van der Waals surface area (Å²) in [6.45, 7) is 0. The Kier molecular flexibility index (Phi) is 1.71. The molecule has 0 atom stereocenters. The van der Waals surface area contributed by atoms with Crippen LogP contribution in [0.3, 0.4) is 0 Å². The average Bonchev–Trinajstić information content (AvgIpc) is 2.62. The molecule has 0 spiro atoms. The van der Waals surface area contributed by atoms with Crippen molar-refractivity contribution < 1.29 is 0 Å². The van der Waals surface area contributed by atoms with Crippen LogP contribution in [0.5, 0.6) is 0 Å². The van der Waals surface area contributed by atoms with Crippen molar-refractivity contribution in [3.05, 3.63) is 30.1 Å². The van der Waals surface area contributed by atoms with Gasteiger partial charge in [0.05, 0.1) is 0 Å². The van der Waals surface area contributed by atoms with Crippen LogP contribution in [-0.2, 0) is 0 Å². The van der Waals surface area contributed by atoms with Gasteiger partial charge in [-0.2, -0.15) is 5.26 Å². The first-order valence-corrected chi connectivity index (χ1v) is 3.74. The number of nitrogens with zero attached hydrogens (tertiary/aromatic N) is 2. The smallest absolute Gasteiger partial charge is 0.152 e. The molecule has 2 aromatic heterocycles. The fourth-order valence-electron chi connectivity index (χ4n) is 1.17. The van der Waals surface area contributed by atoms with E-state index >= 15 is 0 Å². The Morgan fingerprint density at radius 3 is 3.15 bits per heavy atom. The minimum atomic E-state index is 0.796. The van der Waals surface area contributed by atoms with Gasteiger partial charge in [-0.3, -0.25) is 0 Å². The number of nitrogens with one attached hydrogen (secondary N) is 1. The van der Waals surface area contributed by atoms with Crippen molar-refractivity contribution >= 4 is 11.0 Å². The number of aromatic amines is 1. The third-order valence-electron chi connectivity index (χ3n) is 1.71. The molecule has 2 aromatic rings. The van der Waals surface area contributed by atoms with E-state index in [0.29, 0.717) is 0 Å². The van der Waals surface area contributed by atoms with Gasteiger partial charge in [0.15, 0.2) is 6.07 Å². The van der Waals surface area contributed by atoms with E-state index in [0.717, 1.165) is 16.6 Å². The molecule has 0 saturated heterocycles. The van der Waals surface area contributed by atoms with Crippen LogP contribution in [0.1, 0.15) is 5.56 Å². The maximum atomic E-state index is 8.30. The third-order valence-corrected chi connectivity index (χ3v) is 1.71. The van der Waals surface area contributed by atoms with Crippen molar-refractivity contribution in [3.8, 4) is 17.9 Å². The monoisotopic (exact) mass is 167 g/mol. The first-order chi connectivity index (χ1) is 6.42. The third kappa shape index (κ3) is 1.23. The van der Waals surface area contributed by atoms with Gasteiger partial charge < -0.3 is 4.98 Å². The topological polar surface area (TPSA) is 52.5 Å². The summed E-state index contributed by atoms with van der Waals surface area (Å²) in [6.07, 6.45) is 3.47. The number of fused-ring (bicyclic) bond motifs is 1. The molecule has 0 bridgehead atoms. The summed E-state index contributed by atoms with van der Waals surface area (Å²) >= 11 is 0. The molecule has 0 fully saturated rings.